The SMILES string of the molecule is CCOP(=O)(OCC)C(Nc1ccc(CC(=O)OCCOc2cc(/C=C\c3cc(OC)c(OC)c(OC)c3)ccc2OC)cc1)c1ccc(Cl)cc1. The standard InChI is InChI=1S/C39H45ClNO10P/c1-7-50-52(43,51-8-2)39(30-14-16-31(40)17-15-30)41-32-18-11-28(12-19-32)26-37(42)49-22-21-48-34-23-27(13-20-33(34)44-3)9-10-29-24-35(45-4)38(47-6)36(25-29)46-5/h9-20,23-25,39,41H,7-8,21-22,26H2,1-6H3/b10-9-. The third kappa shape index (κ3) is 10.9. The first kappa shape index (κ1) is 40.1. The number of halogens is 1. The molecule has 0 bridgehead atoms. The van der Waals surface area contributed by atoms with Crippen LogP contribution in [0.25, 0.3) is 12.2 Å². The van der Waals surface area contributed by atoms with E-state index in [0.29, 0.717) is 45.0 Å². The average Bonchev–Trinajstić information content (AvgIpc) is 3.15. The maximum Gasteiger partial charge on any atom is 0.357 e. The van der Waals surface area contributed by atoms with Gasteiger partial charge in [0.2, 0.25) is 5.75 Å². The van der Waals surface area contributed by atoms with Crippen LogP contribution in [-0.2, 0) is 29.6 Å². The quantitative estimate of drug-likeness (QED) is 0.0403. The molecule has 0 amide bonds. The minimum atomic E-state index is -3.60. The van der Waals surface area contributed by atoms with Gasteiger partial charge in [0.05, 0.1) is 48.1 Å². The molecular formula is C39H45ClNO10P. The van der Waals surface area contributed by atoms with Crippen molar-refractivity contribution in [2.75, 3.05) is 60.2 Å². The van der Waals surface area contributed by atoms with Crippen LogP contribution < -0.4 is 29.0 Å². The lowest BCUT2D eigenvalue weighted by atomic mass is 10.1. The van der Waals surface area contributed by atoms with Crippen molar-refractivity contribution >= 4 is 43.0 Å². The largest absolute Gasteiger partial charge is 0.493 e. The van der Waals surface area contributed by atoms with Crippen molar-refractivity contribution in [1.29, 1.82) is 0 Å². The van der Waals surface area contributed by atoms with Crippen molar-refractivity contribution in [1.82, 2.24) is 0 Å². The van der Waals surface area contributed by atoms with E-state index in [9.17, 15) is 9.36 Å². The maximum atomic E-state index is 13.8. The lowest BCUT2D eigenvalue weighted by molar-refractivity contribution is -0.143. The van der Waals surface area contributed by atoms with Gasteiger partial charge in [-0.05, 0) is 84.6 Å². The van der Waals surface area contributed by atoms with Gasteiger partial charge in [-0.15, -0.1) is 0 Å². The van der Waals surface area contributed by atoms with E-state index < -0.39 is 19.3 Å². The van der Waals surface area contributed by atoms with Crippen molar-refractivity contribution in [2.24, 2.45) is 0 Å². The van der Waals surface area contributed by atoms with Gasteiger partial charge in [-0.3, -0.25) is 9.36 Å². The van der Waals surface area contributed by atoms with Gasteiger partial charge in [-0.2, -0.15) is 0 Å². The number of ether oxygens (including phenoxy) is 6. The molecule has 0 fully saturated rings. The molecule has 0 saturated carbocycles. The van der Waals surface area contributed by atoms with E-state index in [1.807, 2.05) is 36.4 Å². The summed E-state index contributed by atoms with van der Waals surface area (Å²) in [5, 5.41) is 3.84. The van der Waals surface area contributed by atoms with Crippen molar-refractivity contribution in [2.45, 2.75) is 26.1 Å². The molecule has 0 spiro atoms. The van der Waals surface area contributed by atoms with Gasteiger partial charge in [-0.1, -0.05) is 54.1 Å². The third-order valence-corrected chi connectivity index (χ3v) is 10.2. The second-order valence-corrected chi connectivity index (χ2v) is 13.7. The van der Waals surface area contributed by atoms with E-state index in [0.717, 1.165) is 16.7 Å². The van der Waals surface area contributed by atoms with E-state index in [4.69, 9.17) is 49.1 Å². The van der Waals surface area contributed by atoms with Crippen LogP contribution in [0, 0.1) is 0 Å². The fourth-order valence-corrected chi connectivity index (χ4v) is 7.30. The monoisotopic (exact) mass is 753 g/mol. The topological polar surface area (TPSA) is 120 Å². The zero-order valence-electron chi connectivity index (χ0n) is 30.2. The van der Waals surface area contributed by atoms with Crippen LogP contribution in [0.1, 0.15) is 41.9 Å². The summed E-state index contributed by atoms with van der Waals surface area (Å²) in [6, 6.07) is 23.4. The number of esters is 1. The zero-order chi connectivity index (χ0) is 37.5. The lowest BCUT2D eigenvalue weighted by Gasteiger charge is -2.28. The molecule has 0 aliphatic rings. The van der Waals surface area contributed by atoms with Crippen LogP contribution in [0.3, 0.4) is 0 Å². The van der Waals surface area contributed by atoms with E-state index in [2.05, 4.69) is 5.32 Å². The molecule has 4 rings (SSSR count). The summed E-state index contributed by atoms with van der Waals surface area (Å²) in [5.74, 6) is 1.48. The molecule has 0 aliphatic heterocycles. The Hall–Kier alpha value is -4.67. The average molecular weight is 754 g/mol. The summed E-state index contributed by atoms with van der Waals surface area (Å²) in [5.41, 5.74) is 3.81. The third-order valence-electron chi connectivity index (χ3n) is 7.67. The molecular weight excluding hydrogens is 709 g/mol. The molecule has 1 N–H and O–H groups in total. The molecule has 0 heterocycles. The molecule has 52 heavy (non-hydrogen) atoms. The first-order chi connectivity index (χ1) is 25.2. The Bertz CT molecular complexity index is 1800. The van der Waals surface area contributed by atoms with E-state index in [-0.39, 0.29) is 32.8 Å². The van der Waals surface area contributed by atoms with Crippen molar-refractivity contribution < 1.29 is 46.8 Å². The van der Waals surface area contributed by atoms with Crippen LogP contribution in [0.15, 0.2) is 78.9 Å². The molecule has 13 heteroatoms. The highest BCUT2D eigenvalue weighted by Crippen LogP contribution is 2.60. The molecule has 1 atom stereocenters. The van der Waals surface area contributed by atoms with Crippen LogP contribution in [0.5, 0.6) is 28.7 Å². The van der Waals surface area contributed by atoms with Crippen LogP contribution in [0.2, 0.25) is 5.02 Å². The smallest absolute Gasteiger partial charge is 0.357 e. The predicted octanol–water partition coefficient (Wildman–Crippen LogP) is 9.09. The molecule has 1 unspecified atom stereocenters. The normalized spacial score (nSPS) is 11.9. The van der Waals surface area contributed by atoms with Gasteiger partial charge in [-0.25, -0.2) is 0 Å². The second-order valence-electron chi connectivity index (χ2n) is 11.1. The summed E-state index contributed by atoms with van der Waals surface area (Å²) < 4.78 is 58.3. The van der Waals surface area contributed by atoms with Gasteiger partial charge >= 0.3 is 13.6 Å². The fourth-order valence-electron chi connectivity index (χ4n) is 5.24. The van der Waals surface area contributed by atoms with Crippen molar-refractivity contribution in [3.05, 3.63) is 106 Å². The summed E-state index contributed by atoms with van der Waals surface area (Å²) in [6.45, 7) is 4.12. The number of hydrogen-bond acceptors (Lipinski definition) is 11. The Balaban J connectivity index is 1.33. The van der Waals surface area contributed by atoms with Gasteiger partial charge in [0.25, 0.3) is 0 Å². The number of hydrogen-bond donors (Lipinski definition) is 1. The minimum Gasteiger partial charge on any atom is -0.493 e. The number of nitrogens with one attached hydrogen (secondary N) is 1. The summed E-state index contributed by atoms with van der Waals surface area (Å²) in [6.07, 6.45) is 3.89. The number of anilines is 1. The van der Waals surface area contributed by atoms with Gasteiger partial charge in [0.1, 0.15) is 13.2 Å². The Morgan fingerprint density at radius 1 is 0.731 bits per heavy atom. The van der Waals surface area contributed by atoms with E-state index in [1.165, 1.54) is 0 Å². The Morgan fingerprint density at radius 2 is 1.33 bits per heavy atom. The molecule has 278 valence electrons. The minimum absolute atomic E-state index is 0.0417. The van der Waals surface area contributed by atoms with Crippen LogP contribution in [0.4, 0.5) is 5.69 Å². The second kappa shape index (κ2) is 19.8. The fraction of sp³-hybridized carbons (Fsp3) is 0.308. The van der Waals surface area contributed by atoms with Crippen LogP contribution >= 0.6 is 19.2 Å². The molecule has 0 aromatic heterocycles. The molecule has 0 saturated heterocycles. The number of methoxy groups -OCH3 is 4. The van der Waals surface area contributed by atoms with Gasteiger partial charge in [0, 0.05) is 10.7 Å². The summed E-state index contributed by atoms with van der Waals surface area (Å²) in [7, 11) is 2.65. The summed E-state index contributed by atoms with van der Waals surface area (Å²) in [4.78, 5) is 12.7. The summed E-state index contributed by atoms with van der Waals surface area (Å²) >= 11 is 6.10. The highest BCUT2D eigenvalue weighted by atomic mass is 35.5. The van der Waals surface area contributed by atoms with Crippen LogP contribution in [-0.4, -0.2) is 60.8 Å². The molecule has 4 aromatic carbocycles. The Labute approximate surface area is 310 Å². The maximum absolute atomic E-state index is 13.8. The molecule has 0 radical (unpaired) electrons. The predicted molar refractivity (Wildman–Crippen MR) is 203 cm³/mol. The Kier molecular flexibility index (Phi) is 15.3. The van der Waals surface area contributed by atoms with E-state index >= 15 is 0 Å². The van der Waals surface area contributed by atoms with E-state index in [1.54, 1.807) is 96.9 Å². The number of carbonyl (C=O) groups excluding carboxylic acids is 1. The number of rotatable bonds is 20. The Morgan fingerprint density at radius 3 is 1.90 bits per heavy atom. The highest BCUT2D eigenvalue weighted by molar-refractivity contribution is 7.54. The number of benzene rings is 4. The lowest BCUT2D eigenvalue weighted by Crippen LogP contribution is -2.16. The number of carbonyl (C=O) groups is 1. The van der Waals surface area contributed by atoms with Gasteiger partial charge in [0.15, 0.2) is 28.8 Å². The van der Waals surface area contributed by atoms with Crippen molar-refractivity contribution in [3.63, 3.8) is 0 Å². The zero-order valence-corrected chi connectivity index (χ0v) is 31.8. The highest BCUT2D eigenvalue weighted by Gasteiger charge is 2.37. The van der Waals surface area contributed by atoms with Gasteiger partial charge < -0.3 is 42.8 Å². The van der Waals surface area contributed by atoms with Crippen molar-refractivity contribution in [3.8, 4) is 28.7 Å². The first-order valence-corrected chi connectivity index (χ1v) is 18.6. The molecule has 0 aliphatic carbocycles. The first-order valence-electron chi connectivity index (χ1n) is 16.6. The molecule has 11 nitrogen and oxygen atoms in total. The molecule has 4 aromatic rings.